The molecule has 0 fully saturated rings. The number of hydrogen-bond donors (Lipinski definition) is 0. The van der Waals surface area contributed by atoms with E-state index in [2.05, 4.69) is 9.98 Å². The molecule has 0 N–H and O–H groups in total. The van der Waals surface area contributed by atoms with Crippen molar-refractivity contribution in [1.82, 2.24) is 0 Å². The summed E-state index contributed by atoms with van der Waals surface area (Å²) in [6, 6.07) is 0. The van der Waals surface area contributed by atoms with Gasteiger partial charge in [-0.15, -0.1) is 0 Å². The molecule has 8 heavy (non-hydrogen) atoms. The van der Waals surface area contributed by atoms with Crippen LogP contribution in [0.4, 0.5) is 0 Å². The smallest absolute Gasteiger partial charge is 0.220 e. The Labute approximate surface area is 57.3 Å². The molecule has 0 saturated heterocycles. The lowest BCUT2D eigenvalue weighted by Crippen LogP contribution is -1.96. The second-order valence-corrected chi connectivity index (χ2v) is 2.11. The Balaban J connectivity index is 2.95. The van der Waals surface area contributed by atoms with Crippen LogP contribution in [-0.4, -0.2) is 16.0 Å². The van der Waals surface area contributed by atoms with Crippen LogP contribution in [0.3, 0.4) is 0 Å². The highest BCUT2D eigenvalue weighted by molar-refractivity contribution is 7.82. The Bertz CT molecular complexity index is 191. The Morgan fingerprint density at radius 1 is 1.50 bits per heavy atom. The van der Waals surface area contributed by atoms with Gasteiger partial charge in [-0.2, -0.15) is 0 Å². The Kier molecular flexibility index (Phi) is 1.40. The molecular formula is C4H3ClN2S. The molecule has 0 aliphatic carbocycles. The number of halogens is 1. The van der Waals surface area contributed by atoms with Crippen LogP contribution in [-0.2, 0) is 0 Å². The lowest BCUT2D eigenvalue weighted by atomic mass is 10.4. The van der Waals surface area contributed by atoms with E-state index >= 15 is 0 Å². The average molecular weight is 147 g/mol. The van der Waals surface area contributed by atoms with Crippen LogP contribution in [0.15, 0.2) is 9.98 Å². The summed E-state index contributed by atoms with van der Waals surface area (Å²) in [5.74, 6) is 0. The predicted octanol–water partition coefficient (Wildman–Crippen LogP) is 1.38. The van der Waals surface area contributed by atoms with E-state index in [0.29, 0.717) is 4.99 Å². The maximum atomic E-state index is 5.38. The third-order valence-corrected chi connectivity index (χ3v) is 1.32. The average Bonchev–Trinajstić information content (AvgIpc) is 1.85. The first kappa shape index (κ1) is 5.85. The van der Waals surface area contributed by atoms with Gasteiger partial charge in [0.05, 0.1) is 5.71 Å². The molecular weight excluding hydrogens is 144 g/mol. The minimum atomic E-state index is 0.243. The molecule has 0 radical (unpaired) electrons. The van der Waals surface area contributed by atoms with Gasteiger partial charge >= 0.3 is 0 Å². The quantitative estimate of drug-likeness (QED) is 0.374. The van der Waals surface area contributed by atoms with E-state index in [1.807, 2.05) is 0 Å². The summed E-state index contributed by atoms with van der Waals surface area (Å²) < 4.78 is 0. The van der Waals surface area contributed by atoms with Crippen LogP contribution in [0.25, 0.3) is 0 Å². The van der Waals surface area contributed by atoms with Gasteiger partial charge in [-0.1, -0.05) is 12.2 Å². The van der Waals surface area contributed by atoms with E-state index in [-0.39, 0.29) is 5.29 Å². The lowest BCUT2D eigenvalue weighted by Gasteiger charge is -1.79. The van der Waals surface area contributed by atoms with Gasteiger partial charge in [0.2, 0.25) is 5.29 Å². The SMILES string of the molecule is CC1=NC(Cl)=NC1=S. The maximum absolute atomic E-state index is 5.38. The van der Waals surface area contributed by atoms with Crippen molar-refractivity contribution in [3.8, 4) is 0 Å². The zero-order valence-electron chi connectivity index (χ0n) is 4.18. The highest BCUT2D eigenvalue weighted by Gasteiger charge is 2.07. The van der Waals surface area contributed by atoms with Gasteiger partial charge in [-0.3, -0.25) is 0 Å². The topological polar surface area (TPSA) is 24.7 Å². The molecule has 1 heterocycles. The first-order valence-electron chi connectivity index (χ1n) is 2.04. The second-order valence-electron chi connectivity index (χ2n) is 1.38. The van der Waals surface area contributed by atoms with Gasteiger partial charge in [0.15, 0.2) is 4.99 Å². The van der Waals surface area contributed by atoms with Crippen molar-refractivity contribution in [2.75, 3.05) is 0 Å². The van der Waals surface area contributed by atoms with Gasteiger partial charge in [0, 0.05) is 0 Å². The minimum Gasteiger partial charge on any atom is -0.220 e. The first-order chi connectivity index (χ1) is 3.70. The zero-order chi connectivity index (χ0) is 6.15. The molecule has 1 rings (SSSR count). The molecule has 2 nitrogen and oxygen atoms in total. The lowest BCUT2D eigenvalue weighted by molar-refractivity contribution is 1.73. The number of rotatable bonds is 0. The van der Waals surface area contributed by atoms with E-state index in [9.17, 15) is 0 Å². The zero-order valence-corrected chi connectivity index (χ0v) is 5.75. The van der Waals surface area contributed by atoms with Gasteiger partial charge < -0.3 is 0 Å². The highest BCUT2D eigenvalue weighted by atomic mass is 35.5. The summed E-state index contributed by atoms with van der Waals surface area (Å²) in [5, 5.41) is 0.243. The molecule has 0 atom stereocenters. The molecule has 1 aliphatic rings. The highest BCUT2D eigenvalue weighted by Crippen LogP contribution is 2.01. The monoisotopic (exact) mass is 146 g/mol. The van der Waals surface area contributed by atoms with Crippen molar-refractivity contribution >= 4 is 39.8 Å². The summed E-state index contributed by atoms with van der Waals surface area (Å²) >= 11 is 10.1. The van der Waals surface area contributed by atoms with Gasteiger partial charge in [-0.05, 0) is 18.5 Å². The number of nitrogens with zero attached hydrogens (tertiary/aromatic N) is 2. The minimum absolute atomic E-state index is 0.243. The Morgan fingerprint density at radius 3 is 2.25 bits per heavy atom. The van der Waals surface area contributed by atoms with Crippen molar-refractivity contribution < 1.29 is 0 Å². The summed E-state index contributed by atoms with van der Waals surface area (Å²) in [6.45, 7) is 1.78. The van der Waals surface area contributed by atoms with E-state index in [4.69, 9.17) is 23.8 Å². The Hall–Kier alpha value is -0.280. The number of aliphatic imine (C=N–C) groups is 2. The van der Waals surface area contributed by atoms with E-state index in [0.717, 1.165) is 5.71 Å². The van der Waals surface area contributed by atoms with E-state index < -0.39 is 0 Å². The molecule has 0 amide bonds. The Morgan fingerprint density at radius 2 is 2.12 bits per heavy atom. The number of thiocarbonyl (C=S) groups is 1. The van der Waals surface area contributed by atoms with E-state index in [1.54, 1.807) is 6.92 Å². The fraction of sp³-hybridized carbons (Fsp3) is 0.250. The van der Waals surface area contributed by atoms with E-state index in [1.165, 1.54) is 0 Å². The maximum Gasteiger partial charge on any atom is 0.224 e. The third kappa shape index (κ3) is 0.928. The summed E-state index contributed by atoms with van der Waals surface area (Å²) in [6.07, 6.45) is 0. The standard InChI is InChI=1S/C4H3ClN2S/c1-2-3(8)7-4(5)6-2/h1H3. The molecule has 0 aromatic carbocycles. The molecule has 0 aromatic heterocycles. The summed E-state index contributed by atoms with van der Waals surface area (Å²) in [4.78, 5) is 7.94. The molecule has 1 aliphatic heterocycles. The normalized spacial score (nSPS) is 18.5. The van der Waals surface area contributed by atoms with Crippen molar-refractivity contribution in [3.63, 3.8) is 0 Å². The van der Waals surface area contributed by atoms with Crippen LogP contribution < -0.4 is 0 Å². The van der Waals surface area contributed by atoms with Crippen LogP contribution in [0, 0.1) is 0 Å². The fourth-order valence-corrected chi connectivity index (χ4v) is 0.769. The molecule has 0 spiro atoms. The summed E-state index contributed by atoms with van der Waals surface area (Å²) in [5.41, 5.74) is 0.727. The summed E-state index contributed by atoms with van der Waals surface area (Å²) in [7, 11) is 0. The first-order valence-corrected chi connectivity index (χ1v) is 2.82. The van der Waals surface area contributed by atoms with Crippen LogP contribution in [0.5, 0.6) is 0 Å². The van der Waals surface area contributed by atoms with Crippen molar-refractivity contribution in [2.45, 2.75) is 6.92 Å². The third-order valence-electron chi connectivity index (χ3n) is 0.763. The van der Waals surface area contributed by atoms with Gasteiger partial charge in [-0.25, -0.2) is 9.98 Å². The molecule has 42 valence electrons. The van der Waals surface area contributed by atoms with Gasteiger partial charge in [0.25, 0.3) is 0 Å². The fourth-order valence-electron chi connectivity index (χ4n) is 0.376. The molecule has 0 unspecified atom stereocenters. The van der Waals surface area contributed by atoms with Crippen LogP contribution in [0.1, 0.15) is 6.92 Å². The number of amidine groups is 1. The van der Waals surface area contributed by atoms with Crippen molar-refractivity contribution in [3.05, 3.63) is 0 Å². The molecule has 4 heteroatoms. The van der Waals surface area contributed by atoms with Crippen molar-refractivity contribution in [2.24, 2.45) is 9.98 Å². The van der Waals surface area contributed by atoms with Gasteiger partial charge in [0.1, 0.15) is 0 Å². The second kappa shape index (κ2) is 1.91. The van der Waals surface area contributed by atoms with Crippen LogP contribution >= 0.6 is 23.8 Å². The predicted molar refractivity (Wildman–Crippen MR) is 39.0 cm³/mol. The largest absolute Gasteiger partial charge is 0.224 e. The molecule has 0 bridgehead atoms. The number of hydrogen-bond acceptors (Lipinski definition) is 2. The molecule has 0 aromatic rings. The van der Waals surface area contributed by atoms with Crippen molar-refractivity contribution in [1.29, 1.82) is 0 Å². The molecule has 0 saturated carbocycles. The van der Waals surface area contributed by atoms with Crippen LogP contribution in [0.2, 0.25) is 0 Å².